The first-order valence-electron chi connectivity index (χ1n) is 9.17. The van der Waals surface area contributed by atoms with Crippen LogP contribution in [-0.2, 0) is 11.3 Å². The van der Waals surface area contributed by atoms with Gasteiger partial charge in [0.25, 0.3) is 0 Å². The Labute approximate surface area is 171 Å². The SMILES string of the molecule is Cc1cccc(C)c1NC(=O)CN1CCN(Cc2ccc(Cl)cc2Cl)CC1. The molecule has 2 aromatic rings. The minimum absolute atomic E-state index is 0.0431. The highest BCUT2D eigenvalue weighted by atomic mass is 35.5. The molecule has 27 heavy (non-hydrogen) atoms. The summed E-state index contributed by atoms with van der Waals surface area (Å²) in [4.78, 5) is 17.0. The average molecular weight is 406 g/mol. The Morgan fingerprint density at radius 1 is 1.00 bits per heavy atom. The molecule has 0 atom stereocenters. The van der Waals surface area contributed by atoms with Crippen molar-refractivity contribution < 1.29 is 4.79 Å². The molecule has 0 bridgehead atoms. The van der Waals surface area contributed by atoms with Crippen LogP contribution in [0.15, 0.2) is 36.4 Å². The molecular formula is C21H25Cl2N3O. The van der Waals surface area contributed by atoms with Crippen molar-refractivity contribution in [3.8, 4) is 0 Å². The van der Waals surface area contributed by atoms with Crippen molar-refractivity contribution in [2.24, 2.45) is 0 Å². The lowest BCUT2D eigenvalue weighted by Crippen LogP contribution is -2.48. The monoisotopic (exact) mass is 405 g/mol. The second kappa shape index (κ2) is 9.07. The van der Waals surface area contributed by atoms with E-state index in [4.69, 9.17) is 23.2 Å². The first-order valence-corrected chi connectivity index (χ1v) is 9.92. The first-order chi connectivity index (χ1) is 12.9. The van der Waals surface area contributed by atoms with Gasteiger partial charge in [0.05, 0.1) is 6.54 Å². The molecule has 1 aliphatic heterocycles. The fourth-order valence-electron chi connectivity index (χ4n) is 3.39. The maximum absolute atomic E-state index is 12.4. The normalized spacial score (nSPS) is 15.7. The number of carbonyl (C=O) groups excluding carboxylic acids is 1. The molecule has 0 aromatic heterocycles. The van der Waals surface area contributed by atoms with Crippen molar-refractivity contribution in [1.29, 1.82) is 0 Å². The van der Waals surface area contributed by atoms with Gasteiger partial charge in [-0.25, -0.2) is 0 Å². The third kappa shape index (κ3) is 5.45. The molecule has 1 amide bonds. The Kier molecular flexibility index (Phi) is 6.77. The number of hydrogen-bond donors (Lipinski definition) is 1. The van der Waals surface area contributed by atoms with Gasteiger partial charge in [0.1, 0.15) is 0 Å². The molecule has 0 spiro atoms. The van der Waals surface area contributed by atoms with E-state index in [1.807, 2.05) is 44.2 Å². The van der Waals surface area contributed by atoms with Gasteiger partial charge in [0.2, 0.25) is 5.91 Å². The Hall–Kier alpha value is -1.59. The highest BCUT2D eigenvalue weighted by Crippen LogP contribution is 2.23. The number of nitrogens with zero attached hydrogens (tertiary/aromatic N) is 2. The lowest BCUT2D eigenvalue weighted by Gasteiger charge is -2.34. The van der Waals surface area contributed by atoms with Gasteiger partial charge in [-0.2, -0.15) is 0 Å². The number of piperazine rings is 1. The van der Waals surface area contributed by atoms with Crippen LogP contribution in [0.25, 0.3) is 0 Å². The highest BCUT2D eigenvalue weighted by molar-refractivity contribution is 6.35. The van der Waals surface area contributed by atoms with Crippen LogP contribution >= 0.6 is 23.2 Å². The lowest BCUT2D eigenvalue weighted by molar-refractivity contribution is -0.117. The fourth-order valence-corrected chi connectivity index (χ4v) is 3.86. The summed E-state index contributed by atoms with van der Waals surface area (Å²) in [5, 5.41) is 4.43. The zero-order valence-electron chi connectivity index (χ0n) is 15.8. The van der Waals surface area contributed by atoms with Crippen molar-refractivity contribution in [3.05, 3.63) is 63.1 Å². The summed E-state index contributed by atoms with van der Waals surface area (Å²) in [7, 11) is 0. The molecule has 2 aromatic carbocycles. The Balaban J connectivity index is 1.48. The van der Waals surface area contributed by atoms with E-state index in [9.17, 15) is 4.79 Å². The van der Waals surface area contributed by atoms with E-state index in [1.54, 1.807) is 6.07 Å². The minimum atomic E-state index is 0.0431. The second-order valence-corrected chi connectivity index (χ2v) is 7.95. The number of carbonyl (C=O) groups is 1. The van der Waals surface area contributed by atoms with E-state index in [2.05, 4.69) is 15.1 Å². The number of rotatable bonds is 5. The Morgan fingerprint density at radius 3 is 2.26 bits per heavy atom. The van der Waals surface area contributed by atoms with Gasteiger partial charge in [0, 0.05) is 48.5 Å². The quantitative estimate of drug-likeness (QED) is 0.801. The standard InChI is InChI=1S/C21H25Cl2N3O/c1-15-4-3-5-16(2)21(15)24-20(27)14-26-10-8-25(9-11-26)13-17-6-7-18(22)12-19(17)23/h3-7,12H,8-11,13-14H2,1-2H3,(H,24,27). The number of para-hydroxylation sites is 1. The lowest BCUT2D eigenvalue weighted by atomic mass is 10.1. The van der Waals surface area contributed by atoms with Crippen LogP contribution in [-0.4, -0.2) is 48.4 Å². The zero-order valence-corrected chi connectivity index (χ0v) is 17.3. The zero-order chi connectivity index (χ0) is 19.4. The third-order valence-electron chi connectivity index (χ3n) is 4.99. The summed E-state index contributed by atoms with van der Waals surface area (Å²) >= 11 is 12.2. The summed E-state index contributed by atoms with van der Waals surface area (Å²) in [5.74, 6) is 0.0431. The van der Waals surface area contributed by atoms with E-state index in [1.165, 1.54) is 0 Å². The van der Waals surface area contributed by atoms with Crippen molar-refractivity contribution in [3.63, 3.8) is 0 Å². The molecule has 0 unspecified atom stereocenters. The summed E-state index contributed by atoms with van der Waals surface area (Å²) in [6.07, 6.45) is 0. The van der Waals surface area contributed by atoms with Crippen LogP contribution < -0.4 is 5.32 Å². The Bertz CT molecular complexity index is 797. The predicted molar refractivity (Wildman–Crippen MR) is 113 cm³/mol. The number of hydrogen-bond acceptors (Lipinski definition) is 3. The maximum Gasteiger partial charge on any atom is 0.238 e. The van der Waals surface area contributed by atoms with Gasteiger partial charge in [-0.1, -0.05) is 47.5 Å². The van der Waals surface area contributed by atoms with Gasteiger partial charge >= 0.3 is 0 Å². The molecule has 1 N–H and O–H groups in total. The molecule has 6 heteroatoms. The van der Waals surface area contributed by atoms with Crippen molar-refractivity contribution in [2.45, 2.75) is 20.4 Å². The Morgan fingerprint density at radius 2 is 1.63 bits per heavy atom. The summed E-state index contributed by atoms with van der Waals surface area (Å²) in [5.41, 5.74) is 4.20. The first kappa shape index (κ1) is 20.2. The molecule has 1 heterocycles. The van der Waals surface area contributed by atoms with E-state index in [0.717, 1.165) is 55.1 Å². The van der Waals surface area contributed by atoms with E-state index in [-0.39, 0.29) is 5.91 Å². The molecule has 1 saturated heterocycles. The number of anilines is 1. The number of amides is 1. The number of aryl methyl sites for hydroxylation is 2. The van der Waals surface area contributed by atoms with E-state index >= 15 is 0 Å². The van der Waals surface area contributed by atoms with Crippen molar-refractivity contribution >= 4 is 34.8 Å². The second-order valence-electron chi connectivity index (χ2n) is 7.10. The summed E-state index contributed by atoms with van der Waals surface area (Å²) in [6, 6.07) is 11.7. The number of benzene rings is 2. The molecule has 3 rings (SSSR count). The van der Waals surface area contributed by atoms with Gasteiger partial charge in [-0.3, -0.25) is 14.6 Å². The van der Waals surface area contributed by atoms with E-state index in [0.29, 0.717) is 16.6 Å². The number of nitrogens with one attached hydrogen (secondary N) is 1. The molecule has 4 nitrogen and oxygen atoms in total. The van der Waals surface area contributed by atoms with E-state index < -0.39 is 0 Å². The average Bonchev–Trinajstić information content (AvgIpc) is 2.62. The van der Waals surface area contributed by atoms with Crippen LogP contribution in [0.5, 0.6) is 0 Å². The van der Waals surface area contributed by atoms with Crippen LogP contribution in [0, 0.1) is 13.8 Å². The topological polar surface area (TPSA) is 35.6 Å². The molecule has 1 fully saturated rings. The van der Waals surface area contributed by atoms with Gasteiger partial charge in [0.15, 0.2) is 0 Å². The smallest absolute Gasteiger partial charge is 0.238 e. The predicted octanol–water partition coefficient (Wildman–Crippen LogP) is 4.37. The largest absolute Gasteiger partial charge is 0.324 e. The third-order valence-corrected chi connectivity index (χ3v) is 5.57. The van der Waals surface area contributed by atoms with Crippen molar-refractivity contribution in [2.75, 3.05) is 38.0 Å². The molecule has 144 valence electrons. The van der Waals surface area contributed by atoms with Crippen LogP contribution in [0.2, 0.25) is 10.0 Å². The number of halogens is 2. The van der Waals surface area contributed by atoms with Gasteiger partial charge in [-0.15, -0.1) is 0 Å². The summed E-state index contributed by atoms with van der Waals surface area (Å²) in [6.45, 7) is 8.82. The van der Waals surface area contributed by atoms with Gasteiger partial charge < -0.3 is 5.32 Å². The minimum Gasteiger partial charge on any atom is -0.324 e. The summed E-state index contributed by atoms with van der Waals surface area (Å²) < 4.78 is 0. The van der Waals surface area contributed by atoms with Crippen LogP contribution in [0.1, 0.15) is 16.7 Å². The molecule has 0 aliphatic carbocycles. The van der Waals surface area contributed by atoms with Crippen molar-refractivity contribution in [1.82, 2.24) is 9.80 Å². The molecule has 0 radical (unpaired) electrons. The molecular weight excluding hydrogens is 381 g/mol. The molecule has 0 saturated carbocycles. The fraction of sp³-hybridized carbons (Fsp3) is 0.381. The van der Waals surface area contributed by atoms with Crippen LogP contribution in [0.4, 0.5) is 5.69 Å². The van der Waals surface area contributed by atoms with Gasteiger partial charge in [-0.05, 0) is 42.7 Å². The maximum atomic E-state index is 12.4. The highest BCUT2D eigenvalue weighted by Gasteiger charge is 2.20. The van der Waals surface area contributed by atoms with Crippen LogP contribution in [0.3, 0.4) is 0 Å². The molecule has 1 aliphatic rings.